The molecule has 0 spiro atoms. The van der Waals surface area contributed by atoms with Crippen molar-refractivity contribution in [1.29, 1.82) is 0 Å². The molecule has 0 saturated carbocycles. The van der Waals surface area contributed by atoms with Crippen LogP contribution in [-0.4, -0.2) is 48.5 Å². The minimum atomic E-state index is 0.193. The third-order valence-corrected chi connectivity index (χ3v) is 5.43. The molecule has 4 heteroatoms. The van der Waals surface area contributed by atoms with Crippen LogP contribution in [0.3, 0.4) is 0 Å². The average Bonchev–Trinajstić information content (AvgIpc) is 2.61. The summed E-state index contributed by atoms with van der Waals surface area (Å²) in [6, 6.07) is 17.0. The Morgan fingerprint density at radius 2 is 1.80 bits per heavy atom. The number of carbonyl (C=O) groups is 1. The maximum atomic E-state index is 12.5. The first-order valence-electron chi connectivity index (χ1n) is 8.95. The second-order valence-corrected chi connectivity index (χ2v) is 6.93. The average molecular weight is 336 g/mol. The van der Waals surface area contributed by atoms with E-state index in [-0.39, 0.29) is 5.91 Å². The fourth-order valence-corrected chi connectivity index (χ4v) is 3.84. The fourth-order valence-electron chi connectivity index (χ4n) is 3.84. The van der Waals surface area contributed by atoms with E-state index < -0.39 is 0 Å². The van der Waals surface area contributed by atoms with E-state index >= 15 is 0 Å². The molecule has 0 radical (unpaired) electrons. The summed E-state index contributed by atoms with van der Waals surface area (Å²) in [7, 11) is 1.65. The van der Waals surface area contributed by atoms with Crippen LogP contribution in [0.25, 0.3) is 0 Å². The molecule has 0 atom stereocenters. The molecule has 1 fully saturated rings. The molecule has 1 saturated heterocycles. The van der Waals surface area contributed by atoms with Gasteiger partial charge in [0.15, 0.2) is 0 Å². The number of ether oxygens (including phenoxy) is 1. The van der Waals surface area contributed by atoms with E-state index in [1.54, 1.807) is 7.11 Å². The number of carbonyl (C=O) groups excluding carboxylic acids is 1. The lowest BCUT2D eigenvalue weighted by Gasteiger charge is -2.47. The van der Waals surface area contributed by atoms with Gasteiger partial charge >= 0.3 is 0 Å². The lowest BCUT2D eigenvalue weighted by atomic mass is 9.96. The van der Waals surface area contributed by atoms with Crippen LogP contribution in [0.4, 0.5) is 0 Å². The first kappa shape index (κ1) is 16.2. The number of amides is 1. The number of methoxy groups -OCH3 is 1. The van der Waals surface area contributed by atoms with Crippen LogP contribution >= 0.6 is 0 Å². The number of para-hydroxylation sites is 1. The van der Waals surface area contributed by atoms with Crippen molar-refractivity contribution >= 4 is 5.91 Å². The Hall–Kier alpha value is -2.33. The van der Waals surface area contributed by atoms with Crippen molar-refractivity contribution in [3.63, 3.8) is 0 Å². The highest BCUT2D eigenvalue weighted by atomic mass is 16.5. The minimum absolute atomic E-state index is 0.193. The SMILES string of the molecule is COc1ccccc1CC(=O)N1CC(N2CCc3ccccc3C2)C1. The van der Waals surface area contributed by atoms with Gasteiger partial charge in [0, 0.05) is 37.8 Å². The Balaban J connectivity index is 1.32. The fraction of sp³-hybridized carbons (Fsp3) is 0.381. The van der Waals surface area contributed by atoms with E-state index in [1.807, 2.05) is 29.2 Å². The van der Waals surface area contributed by atoms with Gasteiger partial charge in [-0.05, 0) is 23.6 Å². The molecule has 0 unspecified atom stereocenters. The summed E-state index contributed by atoms with van der Waals surface area (Å²) in [5, 5.41) is 0. The molecular weight excluding hydrogens is 312 g/mol. The van der Waals surface area contributed by atoms with Gasteiger partial charge in [-0.1, -0.05) is 42.5 Å². The van der Waals surface area contributed by atoms with Gasteiger partial charge in [-0.3, -0.25) is 9.69 Å². The van der Waals surface area contributed by atoms with Gasteiger partial charge in [-0.25, -0.2) is 0 Å². The van der Waals surface area contributed by atoms with E-state index in [2.05, 4.69) is 29.2 Å². The van der Waals surface area contributed by atoms with Crippen molar-refractivity contribution in [3.05, 3.63) is 65.2 Å². The van der Waals surface area contributed by atoms with Crippen LogP contribution in [0.2, 0.25) is 0 Å². The Labute approximate surface area is 149 Å². The predicted molar refractivity (Wildman–Crippen MR) is 97.6 cm³/mol. The highest BCUT2D eigenvalue weighted by Gasteiger charge is 2.35. The van der Waals surface area contributed by atoms with Crippen LogP contribution in [0.15, 0.2) is 48.5 Å². The van der Waals surface area contributed by atoms with Crippen LogP contribution in [-0.2, 0) is 24.2 Å². The Morgan fingerprint density at radius 1 is 1.08 bits per heavy atom. The molecule has 4 nitrogen and oxygen atoms in total. The molecule has 0 aromatic heterocycles. The van der Waals surface area contributed by atoms with Gasteiger partial charge in [0.2, 0.25) is 5.91 Å². The summed E-state index contributed by atoms with van der Waals surface area (Å²) in [6.07, 6.45) is 1.53. The van der Waals surface area contributed by atoms with Crippen LogP contribution in [0, 0.1) is 0 Å². The molecule has 4 rings (SSSR count). The number of benzene rings is 2. The zero-order chi connectivity index (χ0) is 17.2. The van der Waals surface area contributed by atoms with Crippen LogP contribution < -0.4 is 4.74 Å². The standard InChI is InChI=1S/C21H24N2O2/c1-25-20-9-5-4-7-17(20)12-21(24)23-14-19(15-23)22-11-10-16-6-2-3-8-18(16)13-22/h2-9,19H,10-15H2,1H3. The first-order chi connectivity index (χ1) is 12.2. The second kappa shape index (κ2) is 6.89. The van der Waals surface area contributed by atoms with Crippen molar-refractivity contribution in [3.8, 4) is 5.75 Å². The van der Waals surface area contributed by atoms with Gasteiger partial charge < -0.3 is 9.64 Å². The summed E-state index contributed by atoms with van der Waals surface area (Å²) in [4.78, 5) is 17.0. The molecule has 1 amide bonds. The van der Waals surface area contributed by atoms with Gasteiger partial charge in [0.25, 0.3) is 0 Å². The maximum absolute atomic E-state index is 12.5. The molecule has 130 valence electrons. The molecule has 0 bridgehead atoms. The lowest BCUT2D eigenvalue weighted by molar-refractivity contribution is -0.138. The number of hydrogen-bond donors (Lipinski definition) is 0. The van der Waals surface area contributed by atoms with E-state index in [1.165, 1.54) is 11.1 Å². The molecule has 25 heavy (non-hydrogen) atoms. The monoisotopic (exact) mass is 336 g/mol. The predicted octanol–water partition coefficient (Wildman–Crippen LogP) is 2.51. The largest absolute Gasteiger partial charge is 0.496 e. The third kappa shape index (κ3) is 3.27. The molecule has 0 aliphatic carbocycles. The topological polar surface area (TPSA) is 32.8 Å². The van der Waals surface area contributed by atoms with Crippen molar-refractivity contribution < 1.29 is 9.53 Å². The number of fused-ring (bicyclic) bond motifs is 1. The van der Waals surface area contributed by atoms with Crippen molar-refractivity contribution in [2.24, 2.45) is 0 Å². The van der Waals surface area contributed by atoms with Crippen LogP contribution in [0.1, 0.15) is 16.7 Å². The Bertz CT molecular complexity index is 768. The number of hydrogen-bond acceptors (Lipinski definition) is 3. The molecule has 2 aliphatic heterocycles. The summed E-state index contributed by atoms with van der Waals surface area (Å²) in [5.41, 5.74) is 3.88. The summed E-state index contributed by atoms with van der Waals surface area (Å²) >= 11 is 0. The van der Waals surface area contributed by atoms with Gasteiger partial charge in [-0.15, -0.1) is 0 Å². The van der Waals surface area contributed by atoms with Crippen LogP contribution in [0.5, 0.6) is 5.75 Å². The number of rotatable bonds is 4. The maximum Gasteiger partial charge on any atom is 0.227 e. The third-order valence-electron chi connectivity index (χ3n) is 5.43. The van der Waals surface area contributed by atoms with E-state index in [4.69, 9.17) is 4.74 Å². The molecule has 2 aromatic rings. The molecular formula is C21H24N2O2. The van der Waals surface area contributed by atoms with Crippen molar-refractivity contribution in [2.75, 3.05) is 26.7 Å². The van der Waals surface area contributed by atoms with E-state index in [0.717, 1.165) is 43.9 Å². The molecule has 2 aromatic carbocycles. The van der Waals surface area contributed by atoms with Gasteiger partial charge in [0.05, 0.1) is 13.5 Å². The smallest absolute Gasteiger partial charge is 0.227 e. The number of nitrogens with zero attached hydrogens (tertiary/aromatic N) is 2. The van der Waals surface area contributed by atoms with Gasteiger partial charge in [0.1, 0.15) is 5.75 Å². The quantitative estimate of drug-likeness (QED) is 0.860. The summed E-state index contributed by atoms with van der Waals surface area (Å²) < 4.78 is 5.35. The first-order valence-corrected chi connectivity index (χ1v) is 8.95. The second-order valence-electron chi connectivity index (χ2n) is 6.93. The highest BCUT2D eigenvalue weighted by molar-refractivity contribution is 5.80. The van der Waals surface area contributed by atoms with Gasteiger partial charge in [-0.2, -0.15) is 0 Å². The Kier molecular flexibility index (Phi) is 4.45. The zero-order valence-electron chi connectivity index (χ0n) is 14.6. The van der Waals surface area contributed by atoms with Crippen molar-refractivity contribution in [1.82, 2.24) is 9.80 Å². The Morgan fingerprint density at radius 3 is 2.60 bits per heavy atom. The normalized spacial score (nSPS) is 17.7. The molecule has 2 heterocycles. The number of likely N-dealkylation sites (tertiary alicyclic amines) is 1. The molecule has 2 aliphatic rings. The minimum Gasteiger partial charge on any atom is -0.496 e. The summed E-state index contributed by atoms with van der Waals surface area (Å²) in [5.74, 6) is 0.985. The zero-order valence-corrected chi connectivity index (χ0v) is 14.6. The highest BCUT2D eigenvalue weighted by Crippen LogP contribution is 2.25. The van der Waals surface area contributed by atoms with Crippen molar-refractivity contribution in [2.45, 2.75) is 25.4 Å². The van der Waals surface area contributed by atoms with E-state index in [9.17, 15) is 4.79 Å². The van der Waals surface area contributed by atoms with E-state index in [0.29, 0.717) is 12.5 Å². The lowest BCUT2D eigenvalue weighted by Crippen LogP contribution is -2.61. The summed E-state index contributed by atoms with van der Waals surface area (Å²) in [6.45, 7) is 3.79. The molecule has 0 N–H and O–H groups in total.